The van der Waals surface area contributed by atoms with Gasteiger partial charge in [-0.2, -0.15) is 0 Å². The predicted molar refractivity (Wildman–Crippen MR) is 93.8 cm³/mol. The first-order valence-corrected chi connectivity index (χ1v) is 8.05. The van der Waals surface area contributed by atoms with Crippen molar-refractivity contribution in [3.05, 3.63) is 40.6 Å². The molecule has 1 heterocycles. The Hall–Kier alpha value is -2.54. The van der Waals surface area contributed by atoms with E-state index >= 15 is 0 Å². The number of carbonyl (C=O) groups is 2. The number of aromatic nitrogens is 1. The Morgan fingerprint density at radius 1 is 1.36 bits per heavy atom. The summed E-state index contributed by atoms with van der Waals surface area (Å²) in [5.74, 6) is 0.769. The minimum Gasteiger partial charge on any atom is -0.481 e. The molecule has 7 nitrogen and oxygen atoms in total. The number of halogens is 1. The summed E-state index contributed by atoms with van der Waals surface area (Å²) in [6, 6.07) is 6.75. The van der Waals surface area contributed by atoms with Crippen molar-refractivity contribution in [1.29, 1.82) is 0 Å². The third-order valence-corrected chi connectivity index (χ3v) is 3.68. The molecule has 0 saturated heterocycles. The Kier molecular flexibility index (Phi) is 6.03. The van der Waals surface area contributed by atoms with Gasteiger partial charge in [0.1, 0.15) is 11.5 Å². The minimum absolute atomic E-state index is 0.127. The van der Waals surface area contributed by atoms with Crippen molar-refractivity contribution in [1.82, 2.24) is 10.1 Å². The monoisotopic (exact) mass is 365 g/mol. The zero-order valence-electron chi connectivity index (χ0n) is 14.5. The van der Waals surface area contributed by atoms with Crippen LogP contribution in [0.4, 0.5) is 5.82 Å². The number of likely N-dealkylation sites (N-methyl/N-ethyl adjacent to an activating group) is 1. The number of hydrogen-bond acceptors (Lipinski definition) is 5. The second-order valence-electron chi connectivity index (χ2n) is 5.74. The van der Waals surface area contributed by atoms with Gasteiger partial charge in [0.15, 0.2) is 11.9 Å². The van der Waals surface area contributed by atoms with Crippen molar-refractivity contribution in [2.45, 2.75) is 26.9 Å². The topological polar surface area (TPSA) is 84.7 Å². The standard InChI is InChI=1S/C17H20ClN3O4/c1-10-7-13(18)5-6-14(10)24-12(3)17(23)21(4)9-16(22)19-15-8-11(2)25-20-15/h5-8,12H,9H2,1-4H3,(H,19,20,22). The number of rotatable bonds is 6. The van der Waals surface area contributed by atoms with Crippen molar-refractivity contribution in [3.8, 4) is 5.75 Å². The van der Waals surface area contributed by atoms with Crippen LogP contribution in [0.1, 0.15) is 18.2 Å². The molecule has 8 heteroatoms. The van der Waals surface area contributed by atoms with Crippen LogP contribution in [0.25, 0.3) is 0 Å². The van der Waals surface area contributed by atoms with Crippen molar-refractivity contribution >= 4 is 29.2 Å². The molecule has 0 aliphatic heterocycles. The van der Waals surface area contributed by atoms with Gasteiger partial charge in [-0.05, 0) is 44.5 Å². The fourth-order valence-corrected chi connectivity index (χ4v) is 2.42. The Bertz CT molecular complexity index is 775. The van der Waals surface area contributed by atoms with E-state index in [1.54, 1.807) is 38.1 Å². The Balaban J connectivity index is 1.90. The lowest BCUT2D eigenvalue weighted by atomic mass is 10.2. The lowest BCUT2D eigenvalue weighted by Gasteiger charge is -2.22. The van der Waals surface area contributed by atoms with E-state index in [1.165, 1.54) is 11.9 Å². The van der Waals surface area contributed by atoms with Gasteiger partial charge in [0.05, 0.1) is 6.54 Å². The van der Waals surface area contributed by atoms with E-state index in [0.29, 0.717) is 22.4 Å². The first-order valence-electron chi connectivity index (χ1n) is 7.67. The second kappa shape index (κ2) is 8.02. The average Bonchev–Trinajstić information content (AvgIpc) is 2.93. The molecule has 0 aliphatic rings. The van der Waals surface area contributed by atoms with E-state index in [0.717, 1.165) is 5.56 Å². The van der Waals surface area contributed by atoms with Gasteiger partial charge >= 0.3 is 0 Å². The molecule has 0 fully saturated rings. The van der Waals surface area contributed by atoms with Crippen molar-refractivity contribution in [3.63, 3.8) is 0 Å². The summed E-state index contributed by atoms with van der Waals surface area (Å²) >= 11 is 5.90. The summed E-state index contributed by atoms with van der Waals surface area (Å²) in [6.45, 7) is 5.06. The van der Waals surface area contributed by atoms with Gasteiger partial charge < -0.3 is 19.5 Å². The summed E-state index contributed by atoms with van der Waals surface area (Å²) < 4.78 is 10.5. The third-order valence-electron chi connectivity index (χ3n) is 3.44. The molecular weight excluding hydrogens is 346 g/mol. The largest absolute Gasteiger partial charge is 0.481 e. The second-order valence-corrected chi connectivity index (χ2v) is 6.17. The Labute approximate surface area is 150 Å². The van der Waals surface area contributed by atoms with Crippen LogP contribution < -0.4 is 10.1 Å². The summed E-state index contributed by atoms with van der Waals surface area (Å²) in [7, 11) is 1.53. The van der Waals surface area contributed by atoms with Gasteiger partial charge in [-0.1, -0.05) is 16.8 Å². The van der Waals surface area contributed by atoms with Crippen LogP contribution in [-0.2, 0) is 9.59 Å². The fourth-order valence-electron chi connectivity index (χ4n) is 2.20. The van der Waals surface area contributed by atoms with E-state index in [1.807, 2.05) is 6.92 Å². The first kappa shape index (κ1) is 18.8. The van der Waals surface area contributed by atoms with Gasteiger partial charge in [-0.3, -0.25) is 9.59 Å². The molecule has 0 radical (unpaired) electrons. The van der Waals surface area contributed by atoms with Crippen molar-refractivity contribution < 1.29 is 18.8 Å². The molecule has 0 aliphatic carbocycles. The highest BCUT2D eigenvalue weighted by Crippen LogP contribution is 2.23. The molecule has 2 amide bonds. The van der Waals surface area contributed by atoms with E-state index in [9.17, 15) is 9.59 Å². The number of carbonyl (C=O) groups excluding carboxylic acids is 2. The molecule has 1 atom stereocenters. The average molecular weight is 366 g/mol. The maximum Gasteiger partial charge on any atom is 0.263 e. The molecule has 1 N–H and O–H groups in total. The molecule has 0 saturated carbocycles. The molecule has 2 aromatic rings. The molecule has 25 heavy (non-hydrogen) atoms. The van der Waals surface area contributed by atoms with Gasteiger partial charge in [0, 0.05) is 18.1 Å². The third kappa shape index (κ3) is 5.22. The number of aryl methyl sites for hydroxylation is 2. The maximum absolute atomic E-state index is 12.4. The zero-order valence-corrected chi connectivity index (χ0v) is 15.3. The van der Waals surface area contributed by atoms with Gasteiger partial charge in [-0.15, -0.1) is 0 Å². The van der Waals surface area contributed by atoms with Crippen LogP contribution in [0.15, 0.2) is 28.8 Å². The van der Waals surface area contributed by atoms with Gasteiger partial charge in [0.2, 0.25) is 5.91 Å². The smallest absolute Gasteiger partial charge is 0.263 e. The van der Waals surface area contributed by atoms with Crippen LogP contribution in [0.5, 0.6) is 5.75 Å². The lowest BCUT2D eigenvalue weighted by molar-refractivity contribution is -0.139. The highest BCUT2D eigenvalue weighted by atomic mass is 35.5. The molecule has 0 bridgehead atoms. The molecule has 1 aromatic heterocycles. The van der Waals surface area contributed by atoms with E-state index in [4.69, 9.17) is 20.9 Å². The highest BCUT2D eigenvalue weighted by molar-refractivity contribution is 6.30. The lowest BCUT2D eigenvalue weighted by Crippen LogP contribution is -2.42. The first-order chi connectivity index (χ1) is 11.8. The molecule has 1 aromatic carbocycles. The number of nitrogens with one attached hydrogen (secondary N) is 1. The number of benzene rings is 1. The Morgan fingerprint density at radius 3 is 2.68 bits per heavy atom. The molecule has 0 spiro atoms. The van der Waals surface area contributed by atoms with Gasteiger partial charge in [-0.25, -0.2) is 0 Å². The van der Waals surface area contributed by atoms with E-state index in [-0.39, 0.29) is 18.4 Å². The van der Waals surface area contributed by atoms with Crippen LogP contribution >= 0.6 is 11.6 Å². The number of amides is 2. The number of nitrogens with zero attached hydrogens (tertiary/aromatic N) is 2. The number of ether oxygens (including phenoxy) is 1. The quantitative estimate of drug-likeness (QED) is 0.850. The molecule has 2 rings (SSSR count). The predicted octanol–water partition coefficient (Wildman–Crippen LogP) is 2.81. The zero-order chi connectivity index (χ0) is 18.6. The summed E-state index contributed by atoms with van der Waals surface area (Å²) in [5.41, 5.74) is 0.828. The van der Waals surface area contributed by atoms with Gasteiger partial charge in [0.25, 0.3) is 5.91 Å². The normalized spacial score (nSPS) is 11.7. The SMILES string of the molecule is Cc1cc(NC(=O)CN(C)C(=O)C(C)Oc2ccc(Cl)cc2C)no1. The minimum atomic E-state index is -0.744. The van der Waals surface area contributed by atoms with Crippen LogP contribution in [0, 0.1) is 13.8 Å². The molecular formula is C17H20ClN3O4. The number of anilines is 1. The van der Waals surface area contributed by atoms with E-state index in [2.05, 4.69) is 10.5 Å². The molecule has 134 valence electrons. The summed E-state index contributed by atoms with van der Waals surface area (Å²) in [6.07, 6.45) is -0.744. The van der Waals surface area contributed by atoms with Crippen LogP contribution in [-0.4, -0.2) is 41.6 Å². The molecule has 1 unspecified atom stereocenters. The van der Waals surface area contributed by atoms with Crippen molar-refractivity contribution in [2.24, 2.45) is 0 Å². The Morgan fingerprint density at radius 2 is 2.08 bits per heavy atom. The number of hydrogen-bond donors (Lipinski definition) is 1. The highest BCUT2D eigenvalue weighted by Gasteiger charge is 2.22. The summed E-state index contributed by atoms with van der Waals surface area (Å²) in [4.78, 5) is 25.6. The maximum atomic E-state index is 12.4. The fraction of sp³-hybridized carbons (Fsp3) is 0.353. The van der Waals surface area contributed by atoms with Crippen LogP contribution in [0.2, 0.25) is 5.02 Å². The van der Waals surface area contributed by atoms with E-state index < -0.39 is 6.10 Å². The van der Waals surface area contributed by atoms with Crippen molar-refractivity contribution in [2.75, 3.05) is 18.9 Å². The van der Waals surface area contributed by atoms with Crippen LogP contribution in [0.3, 0.4) is 0 Å². The summed E-state index contributed by atoms with van der Waals surface area (Å²) in [5, 5.41) is 6.83.